The van der Waals surface area contributed by atoms with E-state index < -0.39 is 0 Å². The van der Waals surface area contributed by atoms with Crippen molar-refractivity contribution in [2.24, 2.45) is 0 Å². The van der Waals surface area contributed by atoms with E-state index in [-0.39, 0.29) is 6.10 Å². The third kappa shape index (κ3) is 2.14. The zero-order valence-corrected chi connectivity index (χ0v) is 9.31. The van der Waals surface area contributed by atoms with Crippen molar-refractivity contribution in [2.45, 2.75) is 32.8 Å². The molecule has 0 radical (unpaired) electrons. The third-order valence-electron chi connectivity index (χ3n) is 2.55. The van der Waals surface area contributed by atoms with Gasteiger partial charge in [0.15, 0.2) is 0 Å². The monoisotopic (exact) mass is 203 g/mol. The second-order valence-electron chi connectivity index (χ2n) is 3.91. The minimum absolute atomic E-state index is 0.269. The van der Waals surface area contributed by atoms with E-state index in [9.17, 15) is 0 Å². The van der Waals surface area contributed by atoms with Crippen molar-refractivity contribution in [3.8, 4) is 0 Å². The largest absolute Gasteiger partial charge is 0.411 e. The molecule has 2 heteroatoms. The van der Waals surface area contributed by atoms with Crippen molar-refractivity contribution in [2.75, 3.05) is 0 Å². The molecule has 0 aliphatic carbocycles. The molecule has 0 spiro atoms. The summed E-state index contributed by atoms with van der Waals surface area (Å²) in [6.07, 6.45) is 4.50. The van der Waals surface area contributed by atoms with Gasteiger partial charge >= 0.3 is 0 Å². The Morgan fingerprint density at radius 1 is 1.27 bits per heavy atom. The van der Waals surface area contributed by atoms with Crippen molar-refractivity contribution in [3.63, 3.8) is 0 Å². The molecule has 0 N–H and O–H groups in total. The van der Waals surface area contributed by atoms with Crippen molar-refractivity contribution in [3.05, 3.63) is 36.5 Å². The van der Waals surface area contributed by atoms with Gasteiger partial charge < -0.3 is 4.84 Å². The lowest BCUT2D eigenvalue weighted by Gasteiger charge is -2.14. The maximum atomic E-state index is 5.82. The Morgan fingerprint density at radius 3 is 2.87 bits per heavy atom. The summed E-state index contributed by atoms with van der Waals surface area (Å²) in [6, 6.07) is 10.3. The van der Waals surface area contributed by atoms with Gasteiger partial charge in [-0.15, -0.1) is 0 Å². The molecule has 0 aliphatic rings. The van der Waals surface area contributed by atoms with Crippen LogP contribution < -0.4 is 4.84 Å². The van der Waals surface area contributed by atoms with Crippen LogP contribution in [0.2, 0.25) is 0 Å². The smallest absolute Gasteiger partial charge is 0.122 e. The van der Waals surface area contributed by atoms with Gasteiger partial charge in [0, 0.05) is 11.6 Å². The minimum atomic E-state index is 0.269. The van der Waals surface area contributed by atoms with Gasteiger partial charge in [-0.3, -0.25) is 0 Å². The van der Waals surface area contributed by atoms with E-state index >= 15 is 0 Å². The van der Waals surface area contributed by atoms with Crippen molar-refractivity contribution < 1.29 is 4.84 Å². The number of benzene rings is 1. The van der Waals surface area contributed by atoms with Gasteiger partial charge in [0.2, 0.25) is 0 Å². The number of hydrogen-bond donors (Lipinski definition) is 0. The fraction of sp³-hybridized carbons (Fsp3) is 0.385. The average Bonchev–Trinajstić information content (AvgIpc) is 2.62. The fourth-order valence-corrected chi connectivity index (χ4v) is 1.80. The molecule has 80 valence electrons. The van der Waals surface area contributed by atoms with Crippen LogP contribution in [0.3, 0.4) is 0 Å². The summed E-state index contributed by atoms with van der Waals surface area (Å²) >= 11 is 0. The highest BCUT2D eigenvalue weighted by molar-refractivity contribution is 5.79. The lowest BCUT2D eigenvalue weighted by atomic mass is 10.2. The molecule has 0 aliphatic heterocycles. The molecule has 1 aromatic carbocycles. The van der Waals surface area contributed by atoms with Gasteiger partial charge in [-0.1, -0.05) is 31.5 Å². The number of para-hydroxylation sites is 1. The first-order chi connectivity index (χ1) is 7.31. The molecule has 0 saturated carbocycles. The van der Waals surface area contributed by atoms with Crippen LogP contribution in [0.4, 0.5) is 0 Å². The molecular formula is C13H17NO. The highest BCUT2D eigenvalue weighted by Gasteiger charge is 2.04. The summed E-state index contributed by atoms with van der Waals surface area (Å²) in [5.41, 5.74) is 1.14. The normalized spacial score (nSPS) is 12.9. The lowest BCUT2D eigenvalue weighted by molar-refractivity contribution is 0.0510. The highest BCUT2D eigenvalue weighted by atomic mass is 16.7. The van der Waals surface area contributed by atoms with E-state index in [4.69, 9.17) is 4.84 Å². The molecule has 0 amide bonds. The van der Waals surface area contributed by atoms with Crippen molar-refractivity contribution in [1.82, 2.24) is 4.73 Å². The second kappa shape index (κ2) is 4.39. The standard InChI is InChI=1S/C13H17NO/c1-3-6-11(2)15-14-10-9-12-7-4-5-8-13(12)14/h4-5,7-11H,3,6H2,1-2H3. The van der Waals surface area contributed by atoms with E-state index in [1.807, 2.05) is 23.1 Å². The molecule has 1 unspecified atom stereocenters. The highest BCUT2D eigenvalue weighted by Crippen LogP contribution is 2.14. The van der Waals surface area contributed by atoms with Crippen LogP contribution in [0.15, 0.2) is 36.5 Å². The van der Waals surface area contributed by atoms with E-state index in [0.29, 0.717) is 0 Å². The van der Waals surface area contributed by atoms with Gasteiger partial charge in [0.1, 0.15) is 6.10 Å². The first kappa shape index (κ1) is 10.1. The van der Waals surface area contributed by atoms with Gasteiger partial charge in [0.25, 0.3) is 0 Å². The molecule has 2 rings (SSSR count). The van der Waals surface area contributed by atoms with Crippen LogP contribution in [0.5, 0.6) is 0 Å². The van der Waals surface area contributed by atoms with E-state index in [0.717, 1.165) is 18.4 Å². The Hall–Kier alpha value is -1.44. The Labute approximate surface area is 90.4 Å². The van der Waals surface area contributed by atoms with Gasteiger partial charge in [0.05, 0.1) is 5.52 Å². The second-order valence-corrected chi connectivity index (χ2v) is 3.91. The maximum Gasteiger partial charge on any atom is 0.122 e. The van der Waals surface area contributed by atoms with Crippen LogP contribution in [-0.2, 0) is 0 Å². The lowest BCUT2D eigenvalue weighted by Crippen LogP contribution is -2.20. The summed E-state index contributed by atoms with van der Waals surface area (Å²) in [5.74, 6) is 0. The summed E-state index contributed by atoms with van der Waals surface area (Å²) in [6.45, 7) is 4.28. The molecule has 1 aromatic heterocycles. The number of hydrogen-bond acceptors (Lipinski definition) is 1. The number of rotatable bonds is 4. The predicted octanol–water partition coefficient (Wildman–Crippen LogP) is 3.26. The zero-order valence-electron chi connectivity index (χ0n) is 9.31. The van der Waals surface area contributed by atoms with Crippen molar-refractivity contribution >= 4 is 10.9 Å². The van der Waals surface area contributed by atoms with Crippen LogP contribution in [0, 0.1) is 0 Å². The van der Waals surface area contributed by atoms with Gasteiger partial charge in [-0.25, -0.2) is 0 Å². The quantitative estimate of drug-likeness (QED) is 0.744. The average molecular weight is 203 g/mol. The van der Waals surface area contributed by atoms with Crippen LogP contribution in [0.1, 0.15) is 26.7 Å². The Bertz CT molecular complexity index is 433. The SMILES string of the molecule is CCCC(C)On1ccc2ccccc21. The molecular weight excluding hydrogens is 186 g/mol. The molecule has 1 atom stereocenters. The summed E-state index contributed by atoms with van der Waals surface area (Å²) in [4.78, 5) is 5.82. The first-order valence-corrected chi connectivity index (χ1v) is 5.54. The number of aromatic nitrogens is 1. The molecule has 15 heavy (non-hydrogen) atoms. The van der Waals surface area contributed by atoms with Crippen LogP contribution in [-0.4, -0.2) is 10.8 Å². The molecule has 0 fully saturated rings. The van der Waals surface area contributed by atoms with Crippen molar-refractivity contribution in [1.29, 1.82) is 0 Å². The van der Waals surface area contributed by atoms with Crippen LogP contribution >= 0.6 is 0 Å². The summed E-state index contributed by atoms with van der Waals surface area (Å²) < 4.78 is 1.87. The molecule has 0 saturated heterocycles. The van der Waals surface area contributed by atoms with E-state index in [1.165, 1.54) is 5.39 Å². The zero-order chi connectivity index (χ0) is 10.7. The third-order valence-corrected chi connectivity index (χ3v) is 2.55. The van der Waals surface area contributed by atoms with Gasteiger partial charge in [-0.05, 0) is 25.5 Å². The number of fused-ring (bicyclic) bond motifs is 1. The molecule has 2 aromatic rings. The maximum absolute atomic E-state index is 5.82. The fourth-order valence-electron chi connectivity index (χ4n) is 1.80. The molecule has 2 nitrogen and oxygen atoms in total. The first-order valence-electron chi connectivity index (χ1n) is 5.54. The molecule has 1 heterocycles. The Kier molecular flexibility index (Phi) is 2.95. The Morgan fingerprint density at radius 2 is 2.07 bits per heavy atom. The van der Waals surface area contributed by atoms with E-state index in [2.05, 4.69) is 32.0 Å². The van der Waals surface area contributed by atoms with E-state index in [1.54, 1.807) is 0 Å². The minimum Gasteiger partial charge on any atom is -0.411 e. The Balaban J connectivity index is 2.21. The molecule has 0 bridgehead atoms. The van der Waals surface area contributed by atoms with Gasteiger partial charge in [-0.2, -0.15) is 4.73 Å². The predicted molar refractivity (Wildman–Crippen MR) is 62.9 cm³/mol. The number of nitrogens with zero attached hydrogens (tertiary/aromatic N) is 1. The summed E-state index contributed by atoms with van der Waals surface area (Å²) in [5, 5.41) is 1.22. The summed E-state index contributed by atoms with van der Waals surface area (Å²) in [7, 11) is 0. The topological polar surface area (TPSA) is 14.2 Å². The van der Waals surface area contributed by atoms with Crippen LogP contribution in [0.25, 0.3) is 10.9 Å².